The van der Waals surface area contributed by atoms with Crippen molar-refractivity contribution in [2.45, 2.75) is 17.6 Å². The SMILES string of the molecule is CCc1ccc(S(=O)(=O)Nc2cccc(-c3cnc[nH]3)c2)s1. The molecule has 1 aromatic carbocycles. The Hall–Kier alpha value is -2.12. The lowest BCUT2D eigenvalue weighted by Crippen LogP contribution is -2.11. The summed E-state index contributed by atoms with van der Waals surface area (Å²) in [6.07, 6.45) is 4.11. The molecule has 2 N–H and O–H groups in total. The number of thiophene rings is 1. The first kappa shape index (κ1) is 14.8. The minimum Gasteiger partial charge on any atom is -0.345 e. The molecule has 3 rings (SSSR count). The molecule has 0 unspecified atom stereocenters. The van der Waals surface area contributed by atoms with Crippen molar-refractivity contribution >= 4 is 27.0 Å². The number of benzene rings is 1. The van der Waals surface area contributed by atoms with Crippen LogP contribution in [-0.2, 0) is 16.4 Å². The van der Waals surface area contributed by atoms with Crippen molar-refractivity contribution in [2.75, 3.05) is 4.72 Å². The van der Waals surface area contributed by atoms with Crippen LogP contribution < -0.4 is 4.72 Å². The molecule has 0 aliphatic heterocycles. The van der Waals surface area contributed by atoms with Gasteiger partial charge in [-0.25, -0.2) is 13.4 Å². The van der Waals surface area contributed by atoms with Gasteiger partial charge in [0.2, 0.25) is 0 Å². The molecule has 0 saturated heterocycles. The van der Waals surface area contributed by atoms with Gasteiger partial charge in [-0.3, -0.25) is 4.72 Å². The molecule has 2 heterocycles. The fourth-order valence-electron chi connectivity index (χ4n) is 2.06. The van der Waals surface area contributed by atoms with Crippen LogP contribution in [0.3, 0.4) is 0 Å². The summed E-state index contributed by atoms with van der Waals surface area (Å²) in [5.74, 6) is 0. The van der Waals surface area contributed by atoms with Crippen LogP contribution in [0.15, 0.2) is 53.1 Å². The maximum atomic E-state index is 12.4. The number of rotatable bonds is 5. The monoisotopic (exact) mass is 333 g/mol. The first-order valence-corrected chi connectivity index (χ1v) is 9.09. The highest BCUT2D eigenvalue weighted by Crippen LogP contribution is 2.26. The number of imidazole rings is 1. The predicted molar refractivity (Wildman–Crippen MR) is 88.5 cm³/mol. The van der Waals surface area contributed by atoms with Crippen molar-refractivity contribution in [2.24, 2.45) is 0 Å². The van der Waals surface area contributed by atoms with Gasteiger partial charge in [0.15, 0.2) is 0 Å². The summed E-state index contributed by atoms with van der Waals surface area (Å²) < 4.78 is 27.8. The third kappa shape index (κ3) is 3.05. The van der Waals surface area contributed by atoms with Gasteiger partial charge in [0.25, 0.3) is 10.0 Å². The third-order valence-electron chi connectivity index (χ3n) is 3.17. The fourth-order valence-corrected chi connectivity index (χ4v) is 4.41. The van der Waals surface area contributed by atoms with Crippen LogP contribution in [0, 0.1) is 0 Å². The number of hydrogen-bond acceptors (Lipinski definition) is 4. The molecule has 0 radical (unpaired) electrons. The zero-order valence-electron chi connectivity index (χ0n) is 11.9. The third-order valence-corrected chi connectivity index (χ3v) is 6.28. The lowest BCUT2D eigenvalue weighted by molar-refractivity contribution is 0.603. The van der Waals surface area contributed by atoms with Crippen LogP contribution in [0.4, 0.5) is 5.69 Å². The molecule has 7 heteroatoms. The Bertz CT molecular complexity index is 868. The van der Waals surface area contributed by atoms with Gasteiger partial charge in [0.1, 0.15) is 4.21 Å². The number of sulfonamides is 1. The van der Waals surface area contributed by atoms with Crippen molar-refractivity contribution in [3.05, 3.63) is 53.8 Å². The van der Waals surface area contributed by atoms with Crippen LogP contribution in [-0.4, -0.2) is 18.4 Å². The molecule has 0 fully saturated rings. The summed E-state index contributed by atoms with van der Waals surface area (Å²) in [5.41, 5.74) is 2.24. The van der Waals surface area contributed by atoms with E-state index >= 15 is 0 Å². The molecule has 2 aromatic heterocycles. The van der Waals surface area contributed by atoms with Crippen LogP contribution in [0.2, 0.25) is 0 Å². The number of aromatic nitrogens is 2. The molecular formula is C15H15N3O2S2. The summed E-state index contributed by atoms with van der Waals surface area (Å²) in [6, 6.07) is 10.7. The molecule has 0 atom stereocenters. The first-order valence-electron chi connectivity index (χ1n) is 6.79. The quantitative estimate of drug-likeness (QED) is 0.750. The van der Waals surface area contributed by atoms with Crippen LogP contribution in [0.5, 0.6) is 0 Å². The van der Waals surface area contributed by atoms with E-state index in [9.17, 15) is 8.42 Å². The number of H-pyrrole nitrogens is 1. The van der Waals surface area contributed by atoms with Crippen LogP contribution >= 0.6 is 11.3 Å². The first-order chi connectivity index (χ1) is 10.6. The molecule has 114 valence electrons. The molecule has 0 saturated carbocycles. The van der Waals surface area contributed by atoms with Crippen molar-refractivity contribution in [3.8, 4) is 11.3 Å². The van der Waals surface area contributed by atoms with Gasteiger partial charge in [-0.2, -0.15) is 0 Å². The van der Waals surface area contributed by atoms with E-state index in [0.717, 1.165) is 22.6 Å². The Morgan fingerprint density at radius 1 is 1.27 bits per heavy atom. The number of anilines is 1. The Kier molecular flexibility index (Phi) is 4.00. The topological polar surface area (TPSA) is 74.8 Å². The summed E-state index contributed by atoms with van der Waals surface area (Å²) in [7, 11) is -3.55. The average molecular weight is 333 g/mol. The Morgan fingerprint density at radius 2 is 2.14 bits per heavy atom. The highest BCUT2D eigenvalue weighted by molar-refractivity contribution is 7.94. The van der Waals surface area contributed by atoms with Crippen molar-refractivity contribution < 1.29 is 8.42 Å². The molecule has 0 aliphatic rings. The zero-order chi connectivity index (χ0) is 15.6. The summed E-state index contributed by atoms with van der Waals surface area (Å²) in [4.78, 5) is 8.02. The summed E-state index contributed by atoms with van der Waals surface area (Å²) in [6.45, 7) is 2.00. The number of nitrogens with one attached hydrogen (secondary N) is 2. The number of hydrogen-bond donors (Lipinski definition) is 2. The fraction of sp³-hybridized carbons (Fsp3) is 0.133. The summed E-state index contributed by atoms with van der Waals surface area (Å²) in [5, 5.41) is 0. The molecule has 0 spiro atoms. The second-order valence-electron chi connectivity index (χ2n) is 4.73. The highest BCUT2D eigenvalue weighted by Gasteiger charge is 2.17. The second kappa shape index (κ2) is 5.94. The van der Waals surface area contributed by atoms with Crippen molar-refractivity contribution in [3.63, 3.8) is 0 Å². The van der Waals surface area contributed by atoms with Crippen LogP contribution in [0.25, 0.3) is 11.3 Å². The number of aryl methyl sites for hydroxylation is 1. The molecule has 0 aliphatic carbocycles. The van der Waals surface area contributed by atoms with E-state index in [-0.39, 0.29) is 0 Å². The molecular weight excluding hydrogens is 318 g/mol. The molecule has 0 amide bonds. The Balaban J connectivity index is 1.88. The largest absolute Gasteiger partial charge is 0.345 e. The van der Waals surface area contributed by atoms with Gasteiger partial charge >= 0.3 is 0 Å². The maximum absolute atomic E-state index is 12.4. The van der Waals surface area contributed by atoms with E-state index in [1.54, 1.807) is 36.8 Å². The van der Waals surface area contributed by atoms with E-state index in [1.165, 1.54) is 11.3 Å². The van der Waals surface area contributed by atoms with Gasteiger partial charge in [-0.05, 0) is 30.7 Å². The summed E-state index contributed by atoms with van der Waals surface area (Å²) >= 11 is 1.29. The van der Waals surface area contributed by atoms with Gasteiger partial charge in [-0.1, -0.05) is 19.1 Å². The van der Waals surface area contributed by atoms with Gasteiger partial charge in [0.05, 0.1) is 18.2 Å². The minimum atomic E-state index is -3.55. The lowest BCUT2D eigenvalue weighted by Gasteiger charge is -2.07. The van der Waals surface area contributed by atoms with Gasteiger partial charge in [0, 0.05) is 16.1 Å². The Labute approximate surface area is 133 Å². The molecule has 0 bridgehead atoms. The van der Waals surface area contributed by atoms with E-state index in [0.29, 0.717) is 9.90 Å². The number of nitrogens with zero attached hydrogens (tertiary/aromatic N) is 1. The molecule has 5 nitrogen and oxygen atoms in total. The van der Waals surface area contributed by atoms with Crippen molar-refractivity contribution in [1.29, 1.82) is 0 Å². The smallest absolute Gasteiger partial charge is 0.271 e. The average Bonchev–Trinajstić information content (AvgIpc) is 3.19. The van der Waals surface area contributed by atoms with E-state index in [1.807, 2.05) is 19.1 Å². The Morgan fingerprint density at radius 3 is 2.82 bits per heavy atom. The predicted octanol–water partition coefficient (Wildman–Crippen LogP) is 3.50. The zero-order valence-corrected chi connectivity index (χ0v) is 13.5. The highest BCUT2D eigenvalue weighted by atomic mass is 32.2. The maximum Gasteiger partial charge on any atom is 0.271 e. The normalized spacial score (nSPS) is 11.5. The number of aromatic amines is 1. The second-order valence-corrected chi connectivity index (χ2v) is 7.80. The minimum absolute atomic E-state index is 0.330. The van der Waals surface area contributed by atoms with Gasteiger partial charge in [-0.15, -0.1) is 11.3 Å². The van der Waals surface area contributed by atoms with Crippen molar-refractivity contribution in [1.82, 2.24) is 9.97 Å². The van der Waals surface area contributed by atoms with Gasteiger partial charge < -0.3 is 4.98 Å². The lowest BCUT2D eigenvalue weighted by atomic mass is 10.1. The van der Waals surface area contributed by atoms with E-state index < -0.39 is 10.0 Å². The molecule has 3 aromatic rings. The molecule has 22 heavy (non-hydrogen) atoms. The standard InChI is InChI=1S/C15H15N3O2S2/c1-2-13-6-7-15(21-13)22(19,20)18-12-5-3-4-11(8-12)14-9-16-10-17-14/h3-10,18H,2H2,1H3,(H,16,17). The van der Waals surface area contributed by atoms with Crippen LogP contribution in [0.1, 0.15) is 11.8 Å². The van der Waals surface area contributed by atoms with E-state index in [2.05, 4.69) is 14.7 Å². The van der Waals surface area contributed by atoms with E-state index in [4.69, 9.17) is 0 Å².